The summed E-state index contributed by atoms with van der Waals surface area (Å²) in [6.45, 7) is 22.8. The predicted molar refractivity (Wildman–Crippen MR) is 179 cm³/mol. The highest BCUT2D eigenvalue weighted by Crippen LogP contribution is 2.33. The maximum atomic E-state index is 14.2. The van der Waals surface area contributed by atoms with Gasteiger partial charge in [0.2, 0.25) is 17.6 Å². The van der Waals surface area contributed by atoms with Crippen LogP contribution in [-0.2, 0) is 28.7 Å². The molecule has 13 nitrogen and oxygen atoms in total. The van der Waals surface area contributed by atoms with Crippen molar-refractivity contribution in [3.63, 3.8) is 0 Å². The number of nitrogens with one attached hydrogen (secondary N) is 4. The zero-order valence-electron chi connectivity index (χ0n) is 30.1. The number of rotatable bonds is 17. The van der Waals surface area contributed by atoms with Gasteiger partial charge in [-0.25, -0.2) is 9.59 Å². The van der Waals surface area contributed by atoms with E-state index in [2.05, 4.69) is 27.8 Å². The number of ether oxygens (including phenoxy) is 2. The van der Waals surface area contributed by atoms with Crippen molar-refractivity contribution in [1.82, 2.24) is 26.2 Å². The van der Waals surface area contributed by atoms with Gasteiger partial charge in [-0.2, -0.15) is 0 Å². The van der Waals surface area contributed by atoms with E-state index in [0.29, 0.717) is 12.8 Å². The number of hydrogen-bond donors (Lipinski definition) is 4. The van der Waals surface area contributed by atoms with E-state index in [0.717, 1.165) is 0 Å². The summed E-state index contributed by atoms with van der Waals surface area (Å²) in [4.78, 5) is 80.2. The van der Waals surface area contributed by atoms with Gasteiger partial charge in [-0.05, 0) is 41.9 Å². The predicted octanol–water partition coefficient (Wildman–Crippen LogP) is 3.56. The van der Waals surface area contributed by atoms with Crippen LogP contribution < -0.4 is 21.3 Å². The second-order valence-electron chi connectivity index (χ2n) is 14.4. The van der Waals surface area contributed by atoms with E-state index in [-0.39, 0.29) is 56.4 Å². The normalized spacial score (nSPS) is 18.3. The van der Waals surface area contributed by atoms with Crippen LogP contribution in [0.5, 0.6) is 0 Å². The van der Waals surface area contributed by atoms with E-state index in [1.807, 2.05) is 69.2 Å². The van der Waals surface area contributed by atoms with Crippen LogP contribution in [0, 0.1) is 29.1 Å². The first-order valence-electron chi connectivity index (χ1n) is 16.8. The van der Waals surface area contributed by atoms with Crippen LogP contribution in [0.2, 0.25) is 0 Å². The van der Waals surface area contributed by atoms with Crippen molar-refractivity contribution < 1.29 is 38.2 Å². The van der Waals surface area contributed by atoms with Crippen molar-refractivity contribution in [2.24, 2.45) is 29.1 Å². The molecule has 5 atom stereocenters. The molecule has 1 heterocycles. The molecule has 1 saturated heterocycles. The molecule has 1 fully saturated rings. The molecule has 0 aromatic heterocycles. The molecule has 0 aromatic rings. The minimum Gasteiger partial charge on any atom is -0.434 e. The minimum atomic E-state index is -1.05. The average molecular weight is 666 g/mol. The summed E-state index contributed by atoms with van der Waals surface area (Å²) in [5, 5.41) is 10.8. The highest BCUT2D eigenvalue weighted by atomic mass is 16.7. The fourth-order valence-corrected chi connectivity index (χ4v) is 5.31. The molecule has 1 unspecified atom stereocenters. The summed E-state index contributed by atoms with van der Waals surface area (Å²) in [5.41, 5.74) is -0.750. The molecular weight excluding hydrogens is 606 g/mol. The molecule has 1 aliphatic heterocycles. The van der Waals surface area contributed by atoms with Crippen molar-refractivity contribution in [2.45, 2.75) is 113 Å². The second-order valence-corrected chi connectivity index (χ2v) is 14.4. The van der Waals surface area contributed by atoms with Gasteiger partial charge in [0.05, 0.1) is 18.7 Å². The topological polar surface area (TPSA) is 172 Å². The smallest absolute Gasteiger partial charge is 0.434 e. The lowest BCUT2D eigenvalue weighted by Crippen LogP contribution is -2.61. The first-order chi connectivity index (χ1) is 21.8. The molecule has 0 saturated carbocycles. The van der Waals surface area contributed by atoms with Crippen LogP contribution in [0.1, 0.15) is 88.5 Å². The summed E-state index contributed by atoms with van der Waals surface area (Å²) >= 11 is 0. The third-order valence-electron chi connectivity index (χ3n) is 8.12. The van der Waals surface area contributed by atoms with E-state index in [1.165, 1.54) is 11.0 Å². The summed E-state index contributed by atoms with van der Waals surface area (Å²) in [6.07, 6.45) is 1.97. The summed E-state index contributed by atoms with van der Waals surface area (Å²) in [7, 11) is 0. The lowest BCUT2D eigenvalue weighted by Gasteiger charge is -2.37. The van der Waals surface area contributed by atoms with E-state index in [1.54, 1.807) is 0 Å². The summed E-state index contributed by atoms with van der Waals surface area (Å²) < 4.78 is 10.3. The van der Waals surface area contributed by atoms with Crippen LogP contribution in [0.3, 0.4) is 0 Å². The van der Waals surface area contributed by atoms with Crippen molar-refractivity contribution in [3.05, 3.63) is 12.7 Å². The Hall–Kier alpha value is -3.64. The molecule has 5 amide bonds. The standard InChI is InChI=1S/C34H59N5O8/c1-12-14-24(27(40)30(42)35-16-13-2)36-29(41)26-23(21(5)6)15-17-39(26)31(43)28(34(9,10)11)38-32(44)37-25(22(7)8)19-47-33(45)46-18-20(3)4/h13,20-26,28H,2,12,14-19H2,1,3-11H3,(H,35,42)(H,36,41)(H2,37,38,44)/t23-,24?,25-,26+,28-/m1/s1. The maximum absolute atomic E-state index is 14.2. The maximum Gasteiger partial charge on any atom is 0.508 e. The molecular formula is C34H59N5O8. The van der Waals surface area contributed by atoms with Crippen LogP contribution in [-0.4, -0.2) is 91.1 Å². The van der Waals surface area contributed by atoms with Crippen LogP contribution in [0.4, 0.5) is 9.59 Å². The zero-order valence-corrected chi connectivity index (χ0v) is 30.1. The quantitative estimate of drug-likeness (QED) is 0.104. The monoisotopic (exact) mass is 665 g/mol. The highest BCUT2D eigenvalue weighted by Gasteiger charge is 2.47. The zero-order chi connectivity index (χ0) is 36.1. The molecule has 47 heavy (non-hydrogen) atoms. The highest BCUT2D eigenvalue weighted by molar-refractivity contribution is 6.38. The van der Waals surface area contributed by atoms with Crippen molar-refractivity contribution in [3.8, 4) is 0 Å². The molecule has 4 N–H and O–H groups in total. The fourth-order valence-electron chi connectivity index (χ4n) is 5.31. The first kappa shape index (κ1) is 41.4. The Morgan fingerprint density at radius 2 is 1.55 bits per heavy atom. The number of likely N-dealkylation sites (tertiary alicyclic amines) is 1. The van der Waals surface area contributed by atoms with Gasteiger partial charge in [0.15, 0.2) is 0 Å². The van der Waals surface area contributed by atoms with Gasteiger partial charge in [0.1, 0.15) is 18.7 Å². The molecule has 1 aliphatic rings. The summed E-state index contributed by atoms with van der Waals surface area (Å²) in [6, 6.07) is -4.18. The number of hydrogen-bond acceptors (Lipinski definition) is 8. The Bertz CT molecular complexity index is 1100. The SMILES string of the molecule is C=CCNC(=O)C(=O)C(CCC)NC(=O)[C@@H]1[C@@H](C(C)C)CCN1C(=O)[C@@H](NC(=O)N[C@H](COC(=O)OCC(C)C)C(C)C)C(C)(C)C. The number of carbonyl (C=O) groups is 6. The van der Waals surface area contributed by atoms with Crippen LogP contribution in [0.15, 0.2) is 12.7 Å². The van der Waals surface area contributed by atoms with Gasteiger partial charge in [-0.3, -0.25) is 19.2 Å². The Labute approximate surface area is 280 Å². The van der Waals surface area contributed by atoms with Gasteiger partial charge < -0.3 is 35.6 Å². The largest absolute Gasteiger partial charge is 0.508 e. The van der Waals surface area contributed by atoms with E-state index in [9.17, 15) is 28.8 Å². The Balaban J connectivity index is 3.19. The Morgan fingerprint density at radius 3 is 2.06 bits per heavy atom. The van der Waals surface area contributed by atoms with Gasteiger partial charge in [-0.15, -0.1) is 6.58 Å². The molecule has 0 aromatic carbocycles. The average Bonchev–Trinajstić information content (AvgIpc) is 3.44. The first-order valence-corrected chi connectivity index (χ1v) is 16.8. The number of nitrogens with zero attached hydrogens (tertiary/aromatic N) is 1. The molecule has 0 spiro atoms. The van der Waals surface area contributed by atoms with Crippen molar-refractivity contribution in [1.29, 1.82) is 0 Å². The minimum absolute atomic E-state index is 0.0307. The number of Topliss-reactive ketones (excluding diaryl/α,β-unsaturated/α-hetero) is 1. The van der Waals surface area contributed by atoms with E-state index < -0.39 is 65.3 Å². The lowest BCUT2D eigenvalue weighted by molar-refractivity contribution is -0.144. The molecule has 0 radical (unpaired) electrons. The van der Waals surface area contributed by atoms with Gasteiger partial charge in [-0.1, -0.05) is 81.7 Å². The number of urea groups is 1. The van der Waals surface area contributed by atoms with E-state index in [4.69, 9.17) is 9.47 Å². The molecule has 0 bridgehead atoms. The number of amides is 5. The van der Waals surface area contributed by atoms with Gasteiger partial charge in [0.25, 0.3) is 5.91 Å². The molecule has 1 rings (SSSR count). The summed E-state index contributed by atoms with van der Waals surface area (Å²) in [5.74, 6) is -2.68. The third kappa shape index (κ3) is 13.2. The molecule has 13 heteroatoms. The van der Waals surface area contributed by atoms with Gasteiger partial charge >= 0.3 is 12.2 Å². The van der Waals surface area contributed by atoms with Gasteiger partial charge in [0, 0.05) is 13.1 Å². The second kappa shape index (κ2) is 19.2. The van der Waals surface area contributed by atoms with Crippen LogP contribution in [0.25, 0.3) is 0 Å². The third-order valence-corrected chi connectivity index (χ3v) is 8.12. The molecule has 268 valence electrons. The Morgan fingerprint density at radius 1 is 0.936 bits per heavy atom. The number of carbonyl (C=O) groups excluding carboxylic acids is 6. The van der Waals surface area contributed by atoms with E-state index >= 15 is 0 Å². The lowest BCUT2D eigenvalue weighted by atomic mass is 9.84. The van der Waals surface area contributed by atoms with Crippen molar-refractivity contribution in [2.75, 3.05) is 26.3 Å². The number of ketones is 1. The van der Waals surface area contributed by atoms with Crippen molar-refractivity contribution >= 4 is 35.7 Å². The Kier molecular flexibility index (Phi) is 16.9. The molecule has 0 aliphatic carbocycles. The van der Waals surface area contributed by atoms with Crippen LogP contribution >= 0.6 is 0 Å². The fraction of sp³-hybridized carbons (Fsp3) is 0.765.